The molecule has 1 aliphatic rings. The molecule has 23 heavy (non-hydrogen) atoms. The first-order valence-corrected chi connectivity index (χ1v) is 8.74. The molecule has 0 bridgehead atoms. The summed E-state index contributed by atoms with van der Waals surface area (Å²) in [6.45, 7) is 1.05. The van der Waals surface area contributed by atoms with E-state index >= 15 is 0 Å². The van der Waals surface area contributed by atoms with Crippen molar-refractivity contribution in [1.82, 2.24) is 0 Å². The number of nitrogens with two attached hydrogens (primary N) is 1. The fraction of sp³-hybridized carbons (Fsp3) is 0.385. The van der Waals surface area contributed by atoms with Gasteiger partial charge in [-0.1, -0.05) is 0 Å². The lowest BCUT2D eigenvalue weighted by atomic mass is 10.1. The zero-order chi connectivity index (χ0) is 17.5. The van der Waals surface area contributed by atoms with Crippen LogP contribution in [-0.2, 0) is 24.3 Å². The van der Waals surface area contributed by atoms with E-state index in [-0.39, 0.29) is 11.3 Å². The van der Waals surface area contributed by atoms with Gasteiger partial charge in [0.2, 0.25) is 10.0 Å². The molecule has 10 heteroatoms. The van der Waals surface area contributed by atoms with Gasteiger partial charge < -0.3 is 10.1 Å². The topological polar surface area (TPSA) is 116 Å². The summed E-state index contributed by atoms with van der Waals surface area (Å²) < 4.78 is 25.9. The summed E-state index contributed by atoms with van der Waals surface area (Å²) in [6, 6.07) is 5.23. The number of amides is 1. The molecule has 1 saturated carbocycles. The summed E-state index contributed by atoms with van der Waals surface area (Å²) in [7, 11) is -3.80. The number of carbonyl (C=O) groups is 2. The number of nitrogens with one attached hydrogen (secondary N) is 1. The molecule has 1 atom stereocenters. The summed E-state index contributed by atoms with van der Waals surface area (Å²) in [4.78, 5) is 23.4. The van der Waals surface area contributed by atoms with Gasteiger partial charge in [-0.15, -0.1) is 23.2 Å². The number of benzene rings is 1. The number of primary sulfonamides is 1. The molecule has 1 aromatic rings. The van der Waals surface area contributed by atoms with Gasteiger partial charge in [-0.05, 0) is 31.2 Å². The molecule has 0 heterocycles. The summed E-state index contributed by atoms with van der Waals surface area (Å²) >= 11 is 11.7. The average Bonchev–Trinajstić information content (AvgIpc) is 2.96. The van der Waals surface area contributed by atoms with Crippen molar-refractivity contribution in [1.29, 1.82) is 0 Å². The van der Waals surface area contributed by atoms with Crippen molar-refractivity contribution in [2.24, 2.45) is 10.6 Å². The summed E-state index contributed by atoms with van der Waals surface area (Å²) in [5.74, 6) is -1.23. The third-order valence-electron chi connectivity index (χ3n) is 3.51. The Hall–Kier alpha value is -1.35. The molecule has 3 N–H and O–H groups in total. The second-order valence-electron chi connectivity index (χ2n) is 5.41. The molecule has 0 spiro atoms. The quantitative estimate of drug-likeness (QED) is 0.591. The Kier molecular flexibility index (Phi) is 4.64. The van der Waals surface area contributed by atoms with E-state index in [4.69, 9.17) is 33.1 Å². The molecule has 2 rings (SSSR count). The van der Waals surface area contributed by atoms with Gasteiger partial charge in [0.15, 0.2) is 6.61 Å². The Bertz CT molecular complexity index is 748. The van der Waals surface area contributed by atoms with Gasteiger partial charge in [0.1, 0.15) is 9.75 Å². The molecular weight excluding hydrogens is 367 g/mol. The van der Waals surface area contributed by atoms with Crippen LogP contribution in [0.15, 0.2) is 29.2 Å². The number of rotatable bonds is 5. The highest BCUT2D eigenvalue weighted by atomic mass is 35.5. The molecular formula is C13H14Cl2N2O5S. The maximum Gasteiger partial charge on any atom is 0.315 e. The van der Waals surface area contributed by atoms with Gasteiger partial charge in [0.25, 0.3) is 5.91 Å². The number of alkyl halides is 2. The molecule has 1 fully saturated rings. The first-order valence-electron chi connectivity index (χ1n) is 6.43. The van der Waals surface area contributed by atoms with Crippen LogP contribution in [0.5, 0.6) is 0 Å². The fourth-order valence-corrected chi connectivity index (χ4v) is 3.04. The van der Waals surface area contributed by atoms with Crippen LogP contribution in [0, 0.1) is 5.41 Å². The minimum absolute atomic E-state index is 0.0795. The standard InChI is InChI=1S/C13H14Cl2N2O5S/c1-12(7-13(12,14)15)11(19)22-6-10(18)17-8-2-4-9(5-3-8)23(16,20)21/h2-5H,6-7H2,1H3,(H,17,18)(H2,16,20,21)/t12-/m1/s1. The highest BCUT2D eigenvalue weighted by Gasteiger charge is 2.69. The van der Waals surface area contributed by atoms with E-state index in [9.17, 15) is 18.0 Å². The van der Waals surface area contributed by atoms with Crippen LogP contribution < -0.4 is 10.5 Å². The number of carbonyl (C=O) groups excluding carboxylic acids is 2. The minimum Gasteiger partial charge on any atom is -0.455 e. The molecule has 1 aliphatic carbocycles. The van der Waals surface area contributed by atoms with E-state index in [1.165, 1.54) is 24.3 Å². The van der Waals surface area contributed by atoms with Gasteiger partial charge in [-0.3, -0.25) is 9.59 Å². The molecule has 1 amide bonds. The van der Waals surface area contributed by atoms with Crippen molar-refractivity contribution in [2.75, 3.05) is 11.9 Å². The average molecular weight is 381 g/mol. The van der Waals surface area contributed by atoms with Gasteiger partial charge >= 0.3 is 5.97 Å². The van der Waals surface area contributed by atoms with E-state index in [1.807, 2.05) is 0 Å². The van der Waals surface area contributed by atoms with Crippen LogP contribution in [0.4, 0.5) is 5.69 Å². The Labute approximate surface area is 143 Å². The van der Waals surface area contributed by atoms with Crippen molar-refractivity contribution in [3.05, 3.63) is 24.3 Å². The Balaban J connectivity index is 1.87. The third-order valence-corrected chi connectivity index (χ3v) is 5.54. The second kappa shape index (κ2) is 5.94. The van der Waals surface area contributed by atoms with Gasteiger partial charge in [-0.2, -0.15) is 0 Å². The van der Waals surface area contributed by atoms with Crippen molar-refractivity contribution in [2.45, 2.75) is 22.6 Å². The van der Waals surface area contributed by atoms with Crippen LogP contribution in [-0.4, -0.2) is 31.2 Å². The minimum atomic E-state index is -3.80. The summed E-state index contributed by atoms with van der Waals surface area (Å²) in [5.41, 5.74) is -0.673. The number of ether oxygens (including phenoxy) is 1. The molecule has 126 valence electrons. The third kappa shape index (κ3) is 3.95. The lowest BCUT2D eigenvalue weighted by molar-refractivity contribution is -0.152. The van der Waals surface area contributed by atoms with Crippen molar-refractivity contribution >= 4 is 50.8 Å². The Morgan fingerprint density at radius 3 is 2.26 bits per heavy atom. The van der Waals surface area contributed by atoms with Crippen LogP contribution in [0.25, 0.3) is 0 Å². The SMILES string of the molecule is C[C@]1(C(=O)OCC(=O)Nc2ccc(S(N)(=O)=O)cc2)CC1(Cl)Cl. The van der Waals surface area contributed by atoms with Crippen LogP contribution in [0.2, 0.25) is 0 Å². The second-order valence-corrected chi connectivity index (χ2v) is 8.45. The van der Waals surface area contributed by atoms with Gasteiger partial charge in [-0.25, -0.2) is 13.6 Å². The normalized spacial score (nSPS) is 22.3. The fourth-order valence-electron chi connectivity index (χ4n) is 1.84. The zero-order valence-electron chi connectivity index (χ0n) is 12.0. The lowest BCUT2D eigenvalue weighted by Crippen LogP contribution is -2.26. The first kappa shape index (κ1) is 18.0. The lowest BCUT2D eigenvalue weighted by Gasteiger charge is -2.12. The smallest absolute Gasteiger partial charge is 0.315 e. The van der Waals surface area contributed by atoms with E-state index in [0.717, 1.165) is 0 Å². The van der Waals surface area contributed by atoms with E-state index in [2.05, 4.69) is 5.32 Å². The number of halogens is 2. The van der Waals surface area contributed by atoms with Crippen LogP contribution in [0.1, 0.15) is 13.3 Å². The van der Waals surface area contributed by atoms with E-state index in [0.29, 0.717) is 5.69 Å². The van der Waals surface area contributed by atoms with Crippen molar-refractivity contribution in [3.63, 3.8) is 0 Å². The van der Waals surface area contributed by atoms with Crippen LogP contribution >= 0.6 is 23.2 Å². The number of hydrogen-bond acceptors (Lipinski definition) is 5. The summed E-state index contributed by atoms with van der Waals surface area (Å²) in [6.07, 6.45) is 0.262. The highest BCUT2D eigenvalue weighted by molar-refractivity contribution is 7.89. The van der Waals surface area contributed by atoms with Crippen LogP contribution in [0.3, 0.4) is 0 Å². The zero-order valence-corrected chi connectivity index (χ0v) is 14.3. The highest BCUT2D eigenvalue weighted by Crippen LogP contribution is 2.64. The predicted molar refractivity (Wildman–Crippen MR) is 84.6 cm³/mol. The molecule has 0 saturated heterocycles. The van der Waals surface area contributed by atoms with Crippen molar-refractivity contribution < 1.29 is 22.7 Å². The van der Waals surface area contributed by atoms with Gasteiger partial charge in [0, 0.05) is 12.1 Å². The number of hydrogen-bond donors (Lipinski definition) is 2. The maximum absolute atomic E-state index is 11.8. The molecule has 0 unspecified atom stereocenters. The molecule has 1 aromatic carbocycles. The number of esters is 1. The van der Waals surface area contributed by atoms with E-state index in [1.54, 1.807) is 6.92 Å². The molecule has 0 aromatic heterocycles. The maximum atomic E-state index is 11.8. The Morgan fingerprint density at radius 2 is 1.83 bits per heavy atom. The molecule has 0 aliphatic heterocycles. The Morgan fingerprint density at radius 1 is 1.30 bits per heavy atom. The predicted octanol–water partition coefficient (Wildman–Crippen LogP) is 1.40. The molecule has 0 radical (unpaired) electrons. The summed E-state index contributed by atoms with van der Waals surface area (Å²) in [5, 5.41) is 7.41. The number of anilines is 1. The van der Waals surface area contributed by atoms with E-state index < -0.39 is 38.3 Å². The van der Waals surface area contributed by atoms with Crippen molar-refractivity contribution in [3.8, 4) is 0 Å². The monoisotopic (exact) mass is 380 g/mol. The molecule has 7 nitrogen and oxygen atoms in total. The first-order chi connectivity index (χ1) is 10.5. The largest absolute Gasteiger partial charge is 0.455 e. The number of sulfonamides is 1. The van der Waals surface area contributed by atoms with Gasteiger partial charge in [0.05, 0.1) is 4.90 Å².